The van der Waals surface area contributed by atoms with E-state index in [1.807, 2.05) is 18.2 Å². The number of carbonyl (C=O) groups excluding carboxylic acids is 1. The van der Waals surface area contributed by atoms with Crippen LogP contribution in [0.3, 0.4) is 0 Å². The molecule has 0 aromatic heterocycles. The first-order chi connectivity index (χ1) is 15.3. The van der Waals surface area contributed by atoms with Crippen LogP contribution in [0.4, 0.5) is 11.4 Å². The molecule has 0 aliphatic carbocycles. The molecule has 2 heterocycles. The van der Waals surface area contributed by atoms with E-state index in [0.717, 1.165) is 61.1 Å². The van der Waals surface area contributed by atoms with Crippen LogP contribution in [0, 0.1) is 0 Å². The number of piperazine rings is 1. The smallest absolute Gasteiger partial charge is 0.240 e. The first-order valence-electron chi connectivity index (χ1n) is 11.0. The first-order valence-corrected chi connectivity index (χ1v) is 12.8. The van der Waals surface area contributed by atoms with Crippen LogP contribution < -0.4 is 14.5 Å². The van der Waals surface area contributed by atoms with E-state index in [1.165, 1.54) is 6.92 Å². The summed E-state index contributed by atoms with van der Waals surface area (Å²) in [4.78, 5) is 18.3. The Hall–Kier alpha value is -2.13. The van der Waals surface area contributed by atoms with Crippen molar-refractivity contribution < 1.29 is 13.2 Å². The monoisotopic (exact) mass is 476 g/mol. The van der Waals surface area contributed by atoms with Gasteiger partial charge in [-0.05, 0) is 61.3 Å². The molecule has 0 saturated carbocycles. The van der Waals surface area contributed by atoms with Gasteiger partial charge in [0.2, 0.25) is 15.9 Å². The van der Waals surface area contributed by atoms with Gasteiger partial charge in [-0.3, -0.25) is 9.69 Å². The van der Waals surface area contributed by atoms with Crippen LogP contribution in [0.5, 0.6) is 0 Å². The van der Waals surface area contributed by atoms with Gasteiger partial charge in [-0.2, -0.15) is 0 Å². The fourth-order valence-corrected chi connectivity index (χ4v) is 5.68. The second-order valence-electron chi connectivity index (χ2n) is 8.27. The van der Waals surface area contributed by atoms with Crippen molar-refractivity contribution in [1.29, 1.82) is 0 Å². The highest BCUT2D eigenvalue weighted by Crippen LogP contribution is 2.30. The van der Waals surface area contributed by atoms with Crippen LogP contribution in [-0.4, -0.2) is 65.0 Å². The van der Waals surface area contributed by atoms with Crippen molar-refractivity contribution in [3.8, 4) is 0 Å². The molecule has 0 bridgehead atoms. The van der Waals surface area contributed by atoms with Crippen LogP contribution >= 0.6 is 11.6 Å². The highest BCUT2D eigenvalue weighted by Gasteiger charge is 2.25. The summed E-state index contributed by atoms with van der Waals surface area (Å²) in [5.74, 6) is -0.0223. The molecule has 0 unspecified atom stereocenters. The Kier molecular flexibility index (Phi) is 7.05. The average molecular weight is 477 g/mol. The van der Waals surface area contributed by atoms with Crippen LogP contribution in [0.15, 0.2) is 47.4 Å². The Bertz CT molecular complexity index is 1080. The number of anilines is 2. The average Bonchev–Trinajstić information content (AvgIpc) is 3.21. The predicted octanol–water partition coefficient (Wildman–Crippen LogP) is 2.74. The Balaban J connectivity index is 1.23. The number of fused-ring (bicyclic) bond motifs is 1. The van der Waals surface area contributed by atoms with Crippen molar-refractivity contribution in [2.24, 2.45) is 0 Å². The largest absolute Gasteiger partial charge is 0.369 e. The minimum absolute atomic E-state index is 0.0223. The van der Waals surface area contributed by atoms with Crippen molar-refractivity contribution in [1.82, 2.24) is 9.62 Å². The van der Waals surface area contributed by atoms with Gasteiger partial charge in [0.25, 0.3) is 0 Å². The molecule has 172 valence electrons. The third-order valence-corrected chi connectivity index (χ3v) is 7.82. The summed E-state index contributed by atoms with van der Waals surface area (Å²) in [6.07, 6.45) is 1.43. The number of carbonyl (C=O) groups is 1. The minimum atomic E-state index is -3.56. The fourth-order valence-electron chi connectivity index (χ4n) is 4.37. The van der Waals surface area contributed by atoms with Gasteiger partial charge in [-0.15, -0.1) is 0 Å². The molecular weight excluding hydrogens is 448 g/mol. The molecule has 0 radical (unpaired) electrons. The van der Waals surface area contributed by atoms with Crippen molar-refractivity contribution in [3.63, 3.8) is 0 Å². The highest BCUT2D eigenvalue weighted by molar-refractivity contribution is 7.89. The summed E-state index contributed by atoms with van der Waals surface area (Å²) in [6, 6.07) is 12.9. The summed E-state index contributed by atoms with van der Waals surface area (Å²) >= 11 is 6.10. The van der Waals surface area contributed by atoms with Gasteiger partial charge < -0.3 is 9.80 Å². The summed E-state index contributed by atoms with van der Waals surface area (Å²) in [5, 5.41) is 0.747. The lowest BCUT2D eigenvalue weighted by Gasteiger charge is -2.36. The van der Waals surface area contributed by atoms with Crippen molar-refractivity contribution in [2.75, 3.05) is 55.6 Å². The van der Waals surface area contributed by atoms with Crippen molar-refractivity contribution >= 4 is 38.9 Å². The number of hydrogen-bond donors (Lipinski definition) is 1. The molecule has 0 spiro atoms. The summed E-state index contributed by atoms with van der Waals surface area (Å²) < 4.78 is 28.1. The summed E-state index contributed by atoms with van der Waals surface area (Å²) in [5.41, 5.74) is 2.86. The van der Waals surface area contributed by atoms with E-state index < -0.39 is 10.0 Å². The maximum Gasteiger partial charge on any atom is 0.240 e. The molecule has 1 amide bonds. The van der Waals surface area contributed by atoms with Crippen molar-refractivity contribution in [3.05, 3.63) is 53.1 Å². The Morgan fingerprint density at radius 1 is 1.06 bits per heavy atom. The minimum Gasteiger partial charge on any atom is -0.369 e. The second-order valence-corrected chi connectivity index (χ2v) is 10.5. The number of benzene rings is 2. The lowest BCUT2D eigenvalue weighted by Crippen LogP contribution is -2.47. The number of nitrogens with zero attached hydrogens (tertiary/aromatic N) is 3. The van der Waals surface area contributed by atoms with Crippen LogP contribution in [0.2, 0.25) is 5.02 Å². The zero-order valence-electron chi connectivity index (χ0n) is 18.3. The number of hydrogen-bond acceptors (Lipinski definition) is 5. The molecule has 2 aliphatic heterocycles. The molecule has 2 aromatic rings. The Morgan fingerprint density at radius 3 is 2.56 bits per heavy atom. The molecule has 1 saturated heterocycles. The van der Waals surface area contributed by atoms with Gasteiger partial charge in [0.1, 0.15) is 0 Å². The number of sulfonamides is 1. The Labute approximate surface area is 195 Å². The molecule has 7 nitrogen and oxygen atoms in total. The topological polar surface area (TPSA) is 73.0 Å². The Morgan fingerprint density at radius 2 is 1.84 bits per heavy atom. The first kappa shape index (κ1) is 23.0. The molecule has 32 heavy (non-hydrogen) atoms. The van der Waals surface area contributed by atoms with E-state index in [1.54, 1.807) is 23.1 Å². The molecule has 1 N–H and O–H groups in total. The summed E-state index contributed by atoms with van der Waals surface area (Å²) in [6.45, 7) is 7.12. The number of halogens is 1. The fraction of sp³-hybridized carbons (Fsp3) is 0.435. The SMILES string of the molecule is CC(=O)N1CCc2cc(S(=O)(=O)NCCCN3CCN(c4cccc(Cl)c4)CC3)ccc21. The highest BCUT2D eigenvalue weighted by atomic mass is 35.5. The van der Waals surface area contributed by atoms with E-state index >= 15 is 0 Å². The van der Waals surface area contributed by atoms with Gasteiger partial charge in [0.15, 0.2) is 0 Å². The van der Waals surface area contributed by atoms with Crippen LogP contribution in [0.25, 0.3) is 0 Å². The van der Waals surface area contributed by atoms with Crippen LogP contribution in [-0.2, 0) is 21.2 Å². The number of nitrogens with one attached hydrogen (secondary N) is 1. The molecule has 2 aliphatic rings. The van der Waals surface area contributed by atoms with E-state index in [2.05, 4.69) is 20.6 Å². The standard InChI is InChI=1S/C23H29ClN4O3S/c1-18(29)28-11-8-19-16-22(6-7-23(19)28)32(30,31)25-9-3-10-26-12-14-27(15-13-26)21-5-2-4-20(24)17-21/h2,4-7,16-17,25H,3,8-15H2,1H3. The van der Waals surface area contributed by atoms with E-state index in [9.17, 15) is 13.2 Å². The quantitative estimate of drug-likeness (QED) is 0.622. The van der Waals surface area contributed by atoms with Gasteiger partial charge in [0.05, 0.1) is 4.90 Å². The molecule has 2 aromatic carbocycles. The molecule has 9 heteroatoms. The summed E-state index contributed by atoms with van der Waals surface area (Å²) in [7, 11) is -3.56. The molecule has 1 fully saturated rings. The predicted molar refractivity (Wildman–Crippen MR) is 128 cm³/mol. The zero-order valence-corrected chi connectivity index (χ0v) is 19.8. The normalized spacial score (nSPS) is 16.9. The molecule has 0 atom stereocenters. The number of amides is 1. The van der Waals surface area contributed by atoms with Gasteiger partial charge in [-0.1, -0.05) is 17.7 Å². The van der Waals surface area contributed by atoms with Gasteiger partial charge >= 0.3 is 0 Å². The maximum atomic E-state index is 12.7. The molecular formula is C23H29ClN4O3S. The van der Waals surface area contributed by atoms with Gasteiger partial charge in [0, 0.05) is 62.6 Å². The molecule has 4 rings (SSSR count). The third-order valence-electron chi connectivity index (χ3n) is 6.13. The van der Waals surface area contributed by atoms with Gasteiger partial charge in [-0.25, -0.2) is 13.1 Å². The zero-order chi connectivity index (χ0) is 22.7. The third kappa shape index (κ3) is 5.26. The number of rotatable bonds is 7. The van der Waals surface area contributed by atoms with E-state index in [-0.39, 0.29) is 10.8 Å². The van der Waals surface area contributed by atoms with E-state index in [0.29, 0.717) is 19.5 Å². The van der Waals surface area contributed by atoms with Crippen molar-refractivity contribution in [2.45, 2.75) is 24.7 Å². The lowest BCUT2D eigenvalue weighted by molar-refractivity contribution is -0.116. The lowest BCUT2D eigenvalue weighted by atomic mass is 10.2. The van der Waals surface area contributed by atoms with E-state index in [4.69, 9.17) is 11.6 Å². The maximum absolute atomic E-state index is 12.7. The van der Waals surface area contributed by atoms with Crippen LogP contribution in [0.1, 0.15) is 18.9 Å². The second kappa shape index (κ2) is 9.79.